The molecule has 1 aliphatic rings. The zero-order valence-corrected chi connectivity index (χ0v) is 12.6. The summed E-state index contributed by atoms with van der Waals surface area (Å²) in [6, 6.07) is 1.20. The third kappa shape index (κ3) is 2.55. The van der Waals surface area contributed by atoms with Crippen LogP contribution in [0.4, 0.5) is 4.39 Å². The number of carboxylic acids is 1. The van der Waals surface area contributed by atoms with E-state index in [9.17, 15) is 17.6 Å². The van der Waals surface area contributed by atoms with Crippen LogP contribution in [-0.4, -0.2) is 41.5 Å². The SMILES string of the molecule is Cc1cc(F)cc(C)c1S(=O)(=O)N1CSCC1C(=O)O. The van der Waals surface area contributed by atoms with Crippen molar-refractivity contribution < 1.29 is 22.7 Å². The minimum absolute atomic E-state index is 0.00681. The summed E-state index contributed by atoms with van der Waals surface area (Å²) < 4.78 is 39.5. The van der Waals surface area contributed by atoms with Crippen LogP contribution in [0.3, 0.4) is 0 Å². The van der Waals surface area contributed by atoms with Crippen molar-refractivity contribution in [2.24, 2.45) is 0 Å². The lowest BCUT2D eigenvalue weighted by atomic mass is 10.1. The smallest absolute Gasteiger partial charge is 0.322 e. The highest BCUT2D eigenvalue weighted by atomic mass is 32.2. The Morgan fingerprint density at radius 3 is 2.45 bits per heavy atom. The lowest BCUT2D eigenvalue weighted by molar-refractivity contribution is -0.140. The number of halogens is 1. The second-order valence-electron chi connectivity index (χ2n) is 4.61. The van der Waals surface area contributed by atoms with Crippen molar-refractivity contribution in [1.82, 2.24) is 4.31 Å². The number of nitrogens with zero attached hydrogens (tertiary/aromatic N) is 1. The van der Waals surface area contributed by atoms with Crippen molar-refractivity contribution in [3.05, 3.63) is 29.1 Å². The molecular weight excluding hydrogens is 305 g/mol. The van der Waals surface area contributed by atoms with E-state index in [1.54, 1.807) is 0 Å². The van der Waals surface area contributed by atoms with E-state index in [0.29, 0.717) is 0 Å². The van der Waals surface area contributed by atoms with Crippen molar-refractivity contribution in [2.75, 3.05) is 11.6 Å². The second-order valence-corrected chi connectivity index (χ2v) is 7.44. The molecule has 1 aliphatic heterocycles. The number of carboxylic acid groups (broad SMARTS) is 1. The van der Waals surface area contributed by atoms with E-state index in [-0.39, 0.29) is 27.7 Å². The van der Waals surface area contributed by atoms with Gasteiger partial charge in [0.2, 0.25) is 10.0 Å². The molecule has 2 rings (SSSR count). The highest BCUT2D eigenvalue weighted by molar-refractivity contribution is 8.00. The van der Waals surface area contributed by atoms with Gasteiger partial charge in [-0.3, -0.25) is 4.79 Å². The lowest BCUT2D eigenvalue weighted by Gasteiger charge is -2.22. The van der Waals surface area contributed by atoms with Crippen molar-refractivity contribution in [3.8, 4) is 0 Å². The molecule has 110 valence electrons. The molecule has 20 heavy (non-hydrogen) atoms. The van der Waals surface area contributed by atoms with Gasteiger partial charge in [-0.15, -0.1) is 11.8 Å². The summed E-state index contributed by atoms with van der Waals surface area (Å²) >= 11 is 1.25. The lowest BCUT2D eigenvalue weighted by Crippen LogP contribution is -2.42. The molecule has 0 spiro atoms. The number of aryl methyl sites for hydroxylation is 2. The summed E-state index contributed by atoms with van der Waals surface area (Å²) in [7, 11) is -3.95. The van der Waals surface area contributed by atoms with Crippen LogP contribution in [0.15, 0.2) is 17.0 Å². The summed E-state index contributed by atoms with van der Waals surface area (Å²) in [6.45, 7) is 3.00. The van der Waals surface area contributed by atoms with Gasteiger partial charge in [-0.05, 0) is 37.1 Å². The molecule has 1 atom stereocenters. The molecule has 0 amide bonds. The molecule has 0 aromatic heterocycles. The largest absolute Gasteiger partial charge is 0.480 e. The van der Waals surface area contributed by atoms with Gasteiger partial charge in [0.1, 0.15) is 11.9 Å². The monoisotopic (exact) mass is 319 g/mol. The Balaban J connectivity index is 2.54. The molecule has 1 aromatic rings. The van der Waals surface area contributed by atoms with E-state index in [0.717, 1.165) is 16.4 Å². The molecule has 0 bridgehead atoms. The molecule has 1 fully saturated rings. The predicted octanol–water partition coefficient (Wildman–Crippen LogP) is 1.59. The highest BCUT2D eigenvalue weighted by Crippen LogP contribution is 2.31. The van der Waals surface area contributed by atoms with E-state index in [2.05, 4.69) is 0 Å². The van der Waals surface area contributed by atoms with E-state index in [4.69, 9.17) is 5.11 Å². The Morgan fingerprint density at radius 1 is 1.40 bits per heavy atom. The van der Waals surface area contributed by atoms with Crippen molar-refractivity contribution in [3.63, 3.8) is 0 Å². The highest BCUT2D eigenvalue weighted by Gasteiger charge is 2.41. The number of carbonyl (C=O) groups is 1. The maximum Gasteiger partial charge on any atom is 0.322 e. The number of thioether (sulfide) groups is 1. The van der Waals surface area contributed by atoms with Crippen molar-refractivity contribution >= 4 is 27.8 Å². The fourth-order valence-corrected chi connectivity index (χ4v) is 5.83. The third-order valence-corrected chi connectivity index (χ3v) is 6.46. The van der Waals surface area contributed by atoms with Gasteiger partial charge in [0, 0.05) is 5.75 Å². The Morgan fingerprint density at radius 2 is 1.95 bits per heavy atom. The zero-order valence-electron chi connectivity index (χ0n) is 11.0. The number of aliphatic carboxylic acids is 1. The first-order valence-corrected chi connectivity index (χ1v) is 8.43. The molecule has 1 unspecified atom stereocenters. The fraction of sp³-hybridized carbons (Fsp3) is 0.417. The first kappa shape index (κ1) is 15.3. The molecule has 1 saturated heterocycles. The molecule has 1 aromatic carbocycles. The molecule has 1 N–H and O–H groups in total. The summed E-state index contributed by atoms with van der Waals surface area (Å²) in [4.78, 5) is 11.1. The molecular formula is C12H14FNO4S2. The quantitative estimate of drug-likeness (QED) is 0.916. The first-order chi connectivity index (χ1) is 9.25. The van der Waals surface area contributed by atoms with Crippen LogP contribution >= 0.6 is 11.8 Å². The summed E-state index contributed by atoms with van der Waals surface area (Å²) in [5, 5.41) is 9.10. The maximum absolute atomic E-state index is 13.3. The van der Waals surface area contributed by atoms with Gasteiger partial charge in [0.15, 0.2) is 0 Å². The van der Waals surface area contributed by atoms with Gasteiger partial charge in [-0.25, -0.2) is 12.8 Å². The van der Waals surface area contributed by atoms with Gasteiger partial charge in [-0.2, -0.15) is 4.31 Å². The van der Waals surface area contributed by atoms with E-state index >= 15 is 0 Å². The van der Waals surface area contributed by atoms with Crippen LogP contribution in [0.1, 0.15) is 11.1 Å². The number of sulfonamides is 1. The normalized spacial score (nSPS) is 20.2. The molecule has 8 heteroatoms. The number of hydrogen-bond donors (Lipinski definition) is 1. The summed E-state index contributed by atoms with van der Waals surface area (Å²) in [6.07, 6.45) is 0. The maximum atomic E-state index is 13.3. The number of hydrogen-bond acceptors (Lipinski definition) is 4. The van der Waals surface area contributed by atoms with E-state index in [1.165, 1.54) is 25.6 Å². The Labute approximate surface area is 120 Å². The van der Waals surface area contributed by atoms with Crippen LogP contribution in [0.25, 0.3) is 0 Å². The molecule has 0 saturated carbocycles. The summed E-state index contributed by atoms with van der Waals surface area (Å²) in [5.41, 5.74) is 0.562. The average molecular weight is 319 g/mol. The predicted molar refractivity (Wildman–Crippen MR) is 73.6 cm³/mol. The van der Waals surface area contributed by atoms with Gasteiger partial charge in [0.25, 0.3) is 0 Å². The average Bonchev–Trinajstić information content (AvgIpc) is 2.75. The van der Waals surface area contributed by atoms with Crippen LogP contribution in [0, 0.1) is 19.7 Å². The first-order valence-electron chi connectivity index (χ1n) is 5.84. The van der Waals surface area contributed by atoms with Crippen molar-refractivity contribution in [2.45, 2.75) is 24.8 Å². The molecule has 5 nitrogen and oxygen atoms in total. The Hall–Kier alpha value is -1.12. The molecule has 0 radical (unpaired) electrons. The summed E-state index contributed by atoms with van der Waals surface area (Å²) in [5.74, 6) is -1.37. The minimum Gasteiger partial charge on any atom is -0.480 e. The number of benzene rings is 1. The number of rotatable bonds is 3. The zero-order chi connectivity index (χ0) is 15.1. The fourth-order valence-electron chi connectivity index (χ4n) is 2.28. The van der Waals surface area contributed by atoms with E-state index in [1.807, 2.05) is 0 Å². The molecule has 1 heterocycles. The standard InChI is InChI=1S/C12H14FNO4S2/c1-7-3-9(13)4-8(2)11(7)20(17,18)14-6-19-5-10(14)12(15)16/h3-4,10H,5-6H2,1-2H3,(H,15,16). The van der Waals surface area contributed by atoms with Crippen molar-refractivity contribution in [1.29, 1.82) is 0 Å². The van der Waals surface area contributed by atoms with Crippen LogP contribution in [0.5, 0.6) is 0 Å². The van der Waals surface area contributed by atoms with Gasteiger partial charge in [0.05, 0.1) is 10.8 Å². The van der Waals surface area contributed by atoms with E-state index < -0.39 is 27.9 Å². The van der Waals surface area contributed by atoms with Crippen LogP contribution in [-0.2, 0) is 14.8 Å². The van der Waals surface area contributed by atoms with Gasteiger partial charge in [-0.1, -0.05) is 0 Å². The third-order valence-electron chi connectivity index (χ3n) is 3.12. The Bertz CT molecular complexity index is 636. The van der Waals surface area contributed by atoms with Crippen LogP contribution < -0.4 is 0 Å². The van der Waals surface area contributed by atoms with Gasteiger partial charge >= 0.3 is 5.97 Å². The van der Waals surface area contributed by atoms with Crippen LogP contribution in [0.2, 0.25) is 0 Å². The topological polar surface area (TPSA) is 74.7 Å². The Kier molecular flexibility index (Phi) is 4.08. The second kappa shape index (κ2) is 5.34. The minimum atomic E-state index is -3.95. The molecule has 0 aliphatic carbocycles. The van der Waals surface area contributed by atoms with Gasteiger partial charge < -0.3 is 5.11 Å².